The molecule has 0 saturated heterocycles. The van der Waals surface area contributed by atoms with Crippen LogP contribution in [0.2, 0.25) is 0 Å². The van der Waals surface area contributed by atoms with Crippen molar-refractivity contribution in [1.29, 1.82) is 0 Å². The van der Waals surface area contributed by atoms with Crippen LogP contribution < -0.4 is 4.90 Å². The minimum absolute atomic E-state index is 1.07. The van der Waals surface area contributed by atoms with Crippen molar-refractivity contribution in [2.75, 3.05) is 4.90 Å². The molecule has 0 spiro atoms. The van der Waals surface area contributed by atoms with E-state index < -0.39 is 0 Å². The van der Waals surface area contributed by atoms with Crippen molar-refractivity contribution in [1.82, 2.24) is 0 Å². The molecule has 0 bridgehead atoms. The fourth-order valence-corrected chi connectivity index (χ4v) is 8.94. The maximum atomic E-state index is 3.41. The summed E-state index contributed by atoms with van der Waals surface area (Å²) in [5.74, 6) is 0. The lowest BCUT2D eigenvalue weighted by Crippen LogP contribution is -2.13. The third-order valence-corrected chi connectivity index (χ3v) is 11.5. The highest BCUT2D eigenvalue weighted by Crippen LogP contribution is 2.50. The molecule has 55 heavy (non-hydrogen) atoms. The van der Waals surface area contributed by atoms with Gasteiger partial charge in [-0.2, -0.15) is 0 Å². The molecule has 0 fully saturated rings. The molecule has 9 rings (SSSR count). The van der Waals surface area contributed by atoms with Gasteiger partial charge in [-0.25, -0.2) is 0 Å². The Balaban J connectivity index is 0.00000210. The van der Waals surface area contributed by atoms with Crippen LogP contribution in [0, 0.1) is 32.9 Å². The Hall–Kier alpha value is -6.40. The summed E-state index contributed by atoms with van der Waals surface area (Å²) in [7, 11) is 0. The number of nitrogens with zero attached hydrogens (tertiary/aromatic N) is 1. The Kier molecular flexibility index (Phi) is 10.1. The summed E-state index contributed by atoms with van der Waals surface area (Å²) in [5, 5.41) is 2.53. The standard InChI is InChI=1S/C51H37NS.C2H6/c1-34-17-10-12-23-42(34)44-29-30-47(50(36(44)3)43-24-13-11-18-35(43)2)52(46-26-16-28-49-51(46)45-25-14-15-27-48(45)53-49)41-32-39(37-19-6-4-7-20-37)31-40(33-41)38-21-8-5-9-22-38;1-2/h4-10,12-17,19-33H,1-3H3;1-2H3. The summed E-state index contributed by atoms with van der Waals surface area (Å²) in [6.45, 7) is 10.6. The minimum Gasteiger partial charge on any atom is -0.309 e. The monoisotopic (exact) mass is 725 g/mol. The number of thiophene rings is 1. The maximum Gasteiger partial charge on any atom is 0.0555 e. The second kappa shape index (κ2) is 15.5. The zero-order chi connectivity index (χ0) is 37.9. The molecule has 0 saturated carbocycles. The predicted octanol–water partition coefficient (Wildman–Crippen LogP) is 15.7. The first-order valence-corrected chi connectivity index (χ1v) is 19.9. The Morgan fingerprint density at radius 1 is 0.491 bits per heavy atom. The quantitative estimate of drug-likeness (QED) is 0.158. The van der Waals surface area contributed by atoms with Crippen molar-refractivity contribution in [3.05, 3.63) is 199 Å². The number of rotatable bonds is 7. The van der Waals surface area contributed by atoms with Gasteiger partial charge in [-0.05, 0) is 125 Å². The van der Waals surface area contributed by atoms with E-state index in [1.165, 1.54) is 70.2 Å². The van der Waals surface area contributed by atoms with Crippen LogP contribution in [0.15, 0.2) is 170 Å². The van der Waals surface area contributed by atoms with Crippen LogP contribution in [0.25, 0.3) is 64.7 Å². The van der Waals surface area contributed by atoms with Gasteiger partial charge in [0.15, 0.2) is 0 Å². The van der Waals surface area contributed by atoms with E-state index in [-0.39, 0.29) is 0 Å². The molecule has 9 aromatic rings. The zero-order valence-electron chi connectivity index (χ0n) is 32.0. The first-order valence-electron chi connectivity index (χ1n) is 19.1. The molecule has 0 unspecified atom stereocenters. The van der Waals surface area contributed by atoms with Crippen LogP contribution in [0.5, 0.6) is 0 Å². The molecule has 0 aliphatic carbocycles. The van der Waals surface area contributed by atoms with Crippen molar-refractivity contribution in [3.8, 4) is 44.5 Å². The second-order valence-corrected chi connectivity index (χ2v) is 14.8. The third-order valence-electron chi connectivity index (χ3n) is 10.4. The first-order chi connectivity index (χ1) is 27.0. The summed E-state index contributed by atoms with van der Waals surface area (Å²) in [6.07, 6.45) is 0. The topological polar surface area (TPSA) is 3.24 Å². The average molecular weight is 726 g/mol. The van der Waals surface area contributed by atoms with Gasteiger partial charge in [0.05, 0.1) is 11.4 Å². The van der Waals surface area contributed by atoms with E-state index in [1.54, 1.807) is 0 Å². The smallest absolute Gasteiger partial charge is 0.0555 e. The molecule has 266 valence electrons. The number of aryl methyl sites for hydroxylation is 1. The van der Waals surface area contributed by atoms with Gasteiger partial charge < -0.3 is 4.90 Å². The Bertz CT molecular complexity index is 2700. The van der Waals surface area contributed by atoms with Gasteiger partial charge in [0, 0.05) is 37.0 Å². The fraction of sp³-hybridized carbons (Fsp3) is 0.0943. The fourth-order valence-electron chi connectivity index (χ4n) is 7.81. The highest BCUT2D eigenvalue weighted by Gasteiger charge is 2.25. The van der Waals surface area contributed by atoms with Gasteiger partial charge in [0.1, 0.15) is 0 Å². The zero-order valence-corrected chi connectivity index (χ0v) is 32.8. The second-order valence-electron chi connectivity index (χ2n) is 13.7. The summed E-state index contributed by atoms with van der Waals surface area (Å²) in [6, 6.07) is 68.3. The summed E-state index contributed by atoms with van der Waals surface area (Å²) in [5.41, 5.74) is 16.5. The van der Waals surface area contributed by atoms with Crippen LogP contribution in [0.4, 0.5) is 17.1 Å². The molecule has 1 aromatic heterocycles. The van der Waals surface area contributed by atoms with Crippen LogP contribution >= 0.6 is 11.3 Å². The van der Waals surface area contributed by atoms with E-state index >= 15 is 0 Å². The van der Waals surface area contributed by atoms with Gasteiger partial charge in [0.2, 0.25) is 0 Å². The van der Waals surface area contributed by atoms with E-state index in [1.807, 2.05) is 31.3 Å². The van der Waals surface area contributed by atoms with Crippen LogP contribution in [0.1, 0.15) is 30.5 Å². The molecule has 0 aliphatic rings. The summed E-state index contributed by atoms with van der Waals surface area (Å²) in [4.78, 5) is 2.51. The van der Waals surface area contributed by atoms with Crippen LogP contribution in [0.3, 0.4) is 0 Å². The molecule has 2 heteroatoms. The van der Waals surface area contributed by atoms with Crippen LogP contribution in [-0.4, -0.2) is 0 Å². The van der Waals surface area contributed by atoms with Crippen molar-refractivity contribution in [3.63, 3.8) is 0 Å². The van der Waals surface area contributed by atoms with Crippen molar-refractivity contribution in [2.24, 2.45) is 0 Å². The number of benzene rings is 7. The van der Waals surface area contributed by atoms with E-state index in [0.29, 0.717) is 0 Å². The van der Waals surface area contributed by atoms with Gasteiger partial charge in [-0.15, -0.1) is 11.3 Å². The predicted molar refractivity (Wildman–Crippen MR) is 239 cm³/mol. The summed E-state index contributed by atoms with van der Waals surface area (Å²) >= 11 is 1.86. The number of fused-ring (bicyclic) bond motifs is 3. The van der Waals surface area contributed by atoms with Gasteiger partial charge >= 0.3 is 0 Å². The van der Waals surface area contributed by atoms with Crippen molar-refractivity contribution in [2.45, 2.75) is 34.6 Å². The molecule has 0 N–H and O–H groups in total. The lowest BCUT2D eigenvalue weighted by Gasteiger charge is -2.31. The highest BCUT2D eigenvalue weighted by molar-refractivity contribution is 7.26. The Morgan fingerprint density at radius 2 is 1.13 bits per heavy atom. The van der Waals surface area contributed by atoms with Gasteiger partial charge in [0.25, 0.3) is 0 Å². The first kappa shape index (κ1) is 35.6. The SMILES string of the molecule is CC.Cc1c#cccc1-c1c(N(c2cc(-c3ccccc3)cc(-c3ccccc3)c2)c2cccc3sc4ccccc4c23)ccc(-c2ccccc2C)c1C. The molecule has 8 aromatic carbocycles. The number of anilines is 3. The minimum atomic E-state index is 1.07. The molecule has 1 heterocycles. The van der Waals surface area contributed by atoms with Gasteiger partial charge in [-0.3, -0.25) is 0 Å². The molecular weight excluding hydrogens is 683 g/mol. The molecule has 0 atom stereocenters. The molecule has 1 nitrogen and oxygen atoms in total. The normalized spacial score (nSPS) is 10.9. The Labute approximate surface area is 329 Å². The van der Waals surface area contributed by atoms with Crippen molar-refractivity contribution < 1.29 is 0 Å². The van der Waals surface area contributed by atoms with Gasteiger partial charge in [-0.1, -0.05) is 141 Å². The average Bonchev–Trinajstić information content (AvgIpc) is 3.63. The molecule has 0 amide bonds. The molecule has 0 aliphatic heterocycles. The lowest BCUT2D eigenvalue weighted by atomic mass is 9.87. The van der Waals surface area contributed by atoms with Crippen LogP contribution in [-0.2, 0) is 0 Å². The lowest BCUT2D eigenvalue weighted by molar-refractivity contribution is 1.28. The largest absolute Gasteiger partial charge is 0.309 e. The molecular formula is C53H43NS. The maximum absolute atomic E-state index is 3.41. The summed E-state index contributed by atoms with van der Waals surface area (Å²) < 4.78 is 2.55. The van der Waals surface area contributed by atoms with E-state index in [4.69, 9.17) is 0 Å². The number of hydrogen-bond donors (Lipinski definition) is 0. The van der Waals surface area contributed by atoms with E-state index in [0.717, 1.165) is 28.2 Å². The number of hydrogen-bond acceptors (Lipinski definition) is 2. The van der Waals surface area contributed by atoms with Crippen molar-refractivity contribution >= 4 is 48.6 Å². The Morgan fingerprint density at radius 3 is 1.82 bits per heavy atom. The van der Waals surface area contributed by atoms with E-state index in [9.17, 15) is 0 Å². The highest BCUT2D eigenvalue weighted by atomic mass is 32.1. The molecule has 0 radical (unpaired) electrons. The van der Waals surface area contributed by atoms with E-state index in [2.05, 4.69) is 202 Å². The third kappa shape index (κ3) is 6.69.